The van der Waals surface area contributed by atoms with Crippen LogP contribution in [0.25, 0.3) is 0 Å². The Bertz CT molecular complexity index is 442. The van der Waals surface area contributed by atoms with Crippen LogP contribution in [0, 0.1) is 0 Å². The summed E-state index contributed by atoms with van der Waals surface area (Å²) in [5, 5.41) is 3.21. The summed E-state index contributed by atoms with van der Waals surface area (Å²) < 4.78 is 5.32. The minimum Gasteiger partial charge on any atom is -0.381 e. The molecule has 0 radical (unpaired) electrons. The maximum Gasteiger partial charge on any atom is 0.272 e. The molecule has 0 aromatic carbocycles. The lowest BCUT2D eigenvalue weighted by Crippen LogP contribution is -2.40. The van der Waals surface area contributed by atoms with E-state index in [0.29, 0.717) is 5.69 Å². The van der Waals surface area contributed by atoms with Crippen LogP contribution >= 0.6 is 0 Å². The number of hydrogen-bond donors (Lipinski definition) is 1. The summed E-state index contributed by atoms with van der Waals surface area (Å²) in [6, 6.07) is 5.55. The monoisotopic (exact) mass is 277 g/mol. The van der Waals surface area contributed by atoms with Crippen molar-refractivity contribution >= 4 is 11.7 Å². The van der Waals surface area contributed by atoms with Gasteiger partial charge in [0.1, 0.15) is 11.5 Å². The Kier molecular flexibility index (Phi) is 5.35. The molecule has 1 N–H and O–H groups in total. The maximum atomic E-state index is 12.4. The van der Waals surface area contributed by atoms with Crippen molar-refractivity contribution in [1.82, 2.24) is 9.88 Å². The second-order valence-electron chi connectivity index (χ2n) is 5.06. The largest absolute Gasteiger partial charge is 0.381 e. The molecule has 1 aliphatic rings. The third-order valence-corrected chi connectivity index (χ3v) is 3.59. The average molecular weight is 277 g/mol. The lowest BCUT2D eigenvalue weighted by atomic mass is 10.1. The van der Waals surface area contributed by atoms with Gasteiger partial charge in [-0.3, -0.25) is 4.79 Å². The van der Waals surface area contributed by atoms with Crippen LogP contribution in [0.3, 0.4) is 0 Å². The number of carbonyl (C=O) groups excluding carboxylic acids is 1. The fourth-order valence-corrected chi connectivity index (χ4v) is 2.36. The molecule has 2 heterocycles. The van der Waals surface area contributed by atoms with Crippen LogP contribution in [0.15, 0.2) is 18.2 Å². The number of piperidine rings is 1. The van der Waals surface area contributed by atoms with E-state index in [1.165, 1.54) is 0 Å². The highest BCUT2D eigenvalue weighted by molar-refractivity contribution is 5.92. The number of rotatable bonds is 5. The molecule has 0 bridgehead atoms. The van der Waals surface area contributed by atoms with Crippen LogP contribution in [0.1, 0.15) is 36.7 Å². The number of methoxy groups -OCH3 is 1. The van der Waals surface area contributed by atoms with Crippen molar-refractivity contribution in [2.24, 2.45) is 0 Å². The van der Waals surface area contributed by atoms with Crippen LogP contribution in [-0.4, -0.2) is 48.6 Å². The van der Waals surface area contributed by atoms with Crippen LogP contribution in [-0.2, 0) is 4.74 Å². The SMILES string of the molecule is CCCNc1cccc(C(=O)N2CCC(OC)CC2)n1. The molecule has 1 fully saturated rings. The van der Waals surface area contributed by atoms with Gasteiger partial charge in [0.15, 0.2) is 0 Å². The summed E-state index contributed by atoms with van der Waals surface area (Å²) in [4.78, 5) is 18.7. The zero-order valence-electron chi connectivity index (χ0n) is 12.3. The van der Waals surface area contributed by atoms with E-state index in [-0.39, 0.29) is 12.0 Å². The van der Waals surface area contributed by atoms with Crippen molar-refractivity contribution < 1.29 is 9.53 Å². The third-order valence-electron chi connectivity index (χ3n) is 3.59. The van der Waals surface area contributed by atoms with Crippen LogP contribution in [0.5, 0.6) is 0 Å². The van der Waals surface area contributed by atoms with E-state index < -0.39 is 0 Å². The Morgan fingerprint density at radius 2 is 2.20 bits per heavy atom. The van der Waals surface area contributed by atoms with Gasteiger partial charge in [-0.25, -0.2) is 4.98 Å². The first kappa shape index (κ1) is 14.8. The molecule has 2 rings (SSSR count). The molecular formula is C15H23N3O2. The highest BCUT2D eigenvalue weighted by Gasteiger charge is 2.24. The second-order valence-corrected chi connectivity index (χ2v) is 5.06. The van der Waals surface area contributed by atoms with Crippen molar-refractivity contribution in [3.8, 4) is 0 Å². The van der Waals surface area contributed by atoms with Crippen LogP contribution in [0.2, 0.25) is 0 Å². The molecule has 0 aliphatic carbocycles. The minimum atomic E-state index is 0.0136. The highest BCUT2D eigenvalue weighted by atomic mass is 16.5. The van der Waals surface area contributed by atoms with Crippen molar-refractivity contribution in [2.45, 2.75) is 32.3 Å². The molecule has 5 heteroatoms. The van der Waals surface area contributed by atoms with E-state index in [0.717, 1.165) is 44.7 Å². The molecule has 0 saturated carbocycles. The molecule has 0 atom stereocenters. The minimum absolute atomic E-state index is 0.0136. The molecule has 1 amide bonds. The highest BCUT2D eigenvalue weighted by Crippen LogP contribution is 2.15. The standard InChI is InChI=1S/C15H23N3O2/c1-3-9-16-14-6-4-5-13(17-14)15(19)18-10-7-12(20-2)8-11-18/h4-6,12H,3,7-11H2,1-2H3,(H,16,17). The fourth-order valence-electron chi connectivity index (χ4n) is 2.36. The van der Waals surface area contributed by atoms with E-state index in [9.17, 15) is 4.79 Å². The van der Waals surface area contributed by atoms with Crippen molar-refractivity contribution in [1.29, 1.82) is 0 Å². The molecule has 110 valence electrons. The van der Waals surface area contributed by atoms with E-state index in [1.807, 2.05) is 17.0 Å². The molecular weight excluding hydrogens is 254 g/mol. The Balaban J connectivity index is 1.98. The Labute approximate surface area is 120 Å². The first-order valence-electron chi connectivity index (χ1n) is 7.27. The topological polar surface area (TPSA) is 54.5 Å². The normalized spacial score (nSPS) is 16.2. The Hall–Kier alpha value is -1.62. The second kappa shape index (κ2) is 7.24. The first-order chi connectivity index (χ1) is 9.74. The fraction of sp³-hybridized carbons (Fsp3) is 0.600. The van der Waals surface area contributed by atoms with E-state index >= 15 is 0 Å². The third kappa shape index (κ3) is 3.70. The number of ether oxygens (including phenoxy) is 1. The molecule has 1 aromatic heterocycles. The number of nitrogens with zero attached hydrogens (tertiary/aromatic N) is 2. The summed E-state index contributed by atoms with van der Waals surface area (Å²) in [5.74, 6) is 0.782. The van der Waals surface area contributed by atoms with Gasteiger partial charge < -0.3 is 15.0 Å². The number of hydrogen-bond acceptors (Lipinski definition) is 4. The van der Waals surface area contributed by atoms with E-state index in [4.69, 9.17) is 4.74 Å². The van der Waals surface area contributed by atoms with Crippen molar-refractivity contribution in [2.75, 3.05) is 32.1 Å². The molecule has 1 aromatic rings. The summed E-state index contributed by atoms with van der Waals surface area (Å²) >= 11 is 0. The Morgan fingerprint density at radius 3 is 2.85 bits per heavy atom. The van der Waals surface area contributed by atoms with Gasteiger partial charge in [-0.15, -0.1) is 0 Å². The molecule has 0 unspecified atom stereocenters. The zero-order valence-corrected chi connectivity index (χ0v) is 12.3. The predicted molar refractivity (Wildman–Crippen MR) is 79.0 cm³/mol. The van der Waals surface area contributed by atoms with Gasteiger partial charge in [-0.05, 0) is 31.4 Å². The van der Waals surface area contributed by atoms with Crippen molar-refractivity contribution in [3.63, 3.8) is 0 Å². The van der Waals surface area contributed by atoms with E-state index in [1.54, 1.807) is 13.2 Å². The smallest absolute Gasteiger partial charge is 0.272 e. The predicted octanol–water partition coefficient (Wildman–Crippen LogP) is 2.15. The maximum absolute atomic E-state index is 12.4. The summed E-state index contributed by atoms with van der Waals surface area (Å²) in [6.45, 7) is 4.45. The van der Waals surface area contributed by atoms with E-state index in [2.05, 4.69) is 17.2 Å². The number of pyridine rings is 1. The summed E-state index contributed by atoms with van der Waals surface area (Å²) in [5.41, 5.74) is 0.516. The number of amides is 1. The molecule has 0 spiro atoms. The van der Waals surface area contributed by atoms with Gasteiger partial charge >= 0.3 is 0 Å². The van der Waals surface area contributed by atoms with Crippen molar-refractivity contribution in [3.05, 3.63) is 23.9 Å². The van der Waals surface area contributed by atoms with Gasteiger partial charge in [-0.1, -0.05) is 13.0 Å². The number of carbonyl (C=O) groups is 1. The summed E-state index contributed by atoms with van der Waals surface area (Å²) in [7, 11) is 1.73. The van der Waals surface area contributed by atoms with Crippen LogP contribution in [0.4, 0.5) is 5.82 Å². The molecule has 5 nitrogen and oxygen atoms in total. The quantitative estimate of drug-likeness (QED) is 0.896. The lowest BCUT2D eigenvalue weighted by molar-refractivity contribution is 0.0348. The molecule has 20 heavy (non-hydrogen) atoms. The van der Waals surface area contributed by atoms with Gasteiger partial charge in [0.2, 0.25) is 0 Å². The number of aromatic nitrogens is 1. The van der Waals surface area contributed by atoms with Gasteiger partial charge in [0, 0.05) is 26.7 Å². The van der Waals surface area contributed by atoms with Crippen LogP contribution < -0.4 is 5.32 Å². The van der Waals surface area contributed by atoms with Gasteiger partial charge in [0.25, 0.3) is 5.91 Å². The Morgan fingerprint density at radius 1 is 1.45 bits per heavy atom. The number of anilines is 1. The summed E-state index contributed by atoms with van der Waals surface area (Å²) in [6.07, 6.45) is 3.11. The zero-order chi connectivity index (χ0) is 14.4. The van der Waals surface area contributed by atoms with Gasteiger partial charge in [0.05, 0.1) is 6.10 Å². The number of nitrogens with one attached hydrogen (secondary N) is 1. The lowest BCUT2D eigenvalue weighted by Gasteiger charge is -2.31. The molecule has 1 aliphatic heterocycles. The first-order valence-corrected chi connectivity index (χ1v) is 7.27. The number of likely N-dealkylation sites (tertiary alicyclic amines) is 1. The molecule has 1 saturated heterocycles. The van der Waals surface area contributed by atoms with Gasteiger partial charge in [-0.2, -0.15) is 0 Å². The average Bonchev–Trinajstić information content (AvgIpc) is 2.52.